The second-order valence-corrected chi connectivity index (χ2v) is 3.50. The number of hydrogen-bond acceptors (Lipinski definition) is 1. The van der Waals surface area contributed by atoms with Crippen molar-refractivity contribution >= 4 is 15.9 Å². The molecule has 0 aliphatic heterocycles. The lowest BCUT2D eigenvalue weighted by molar-refractivity contribution is 0.00969. The first-order valence-corrected chi connectivity index (χ1v) is 4.68. The SMILES string of the molecule is Fc1ccc(COCC(F)F)c(Br)c1. The molecule has 0 saturated carbocycles. The molecule has 0 aromatic heterocycles. The molecular weight excluding hydrogens is 261 g/mol. The van der Waals surface area contributed by atoms with Gasteiger partial charge in [-0.3, -0.25) is 0 Å². The normalized spacial score (nSPS) is 10.9. The Kier molecular flexibility index (Phi) is 4.41. The summed E-state index contributed by atoms with van der Waals surface area (Å²) >= 11 is 3.11. The molecule has 1 rings (SSSR count). The van der Waals surface area contributed by atoms with Crippen LogP contribution in [0.2, 0.25) is 0 Å². The standard InChI is InChI=1S/C9H8BrF3O/c10-8-3-7(11)2-1-6(8)4-14-5-9(12)13/h1-3,9H,4-5H2. The van der Waals surface area contributed by atoms with Crippen molar-refractivity contribution < 1.29 is 17.9 Å². The fourth-order valence-electron chi connectivity index (χ4n) is 0.897. The summed E-state index contributed by atoms with van der Waals surface area (Å²) in [7, 11) is 0. The lowest BCUT2D eigenvalue weighted by Crippen LogP contribution is -2.04. The van der Waals surface area contributed by atoms with Crippen LogP contribution in [0.25, 0.3) is 0 Å². The van der Waals surface area contributed by atoms with Gasteiger partial charge in [0.05, 0.1) is 6.61 Å². The van der Waals surface area contributed by atoms with Crippen LogP contribution in [0.3, 0.4) is 0 Å². The fourth-order valence-corrected chi connectivity index (χ4v) is 1.36. The molecule has 0 bridgehead atoms. The average Bonchev–Trinajstić information content (AvgIpc) is 2.08. The van der Waals surface area contributed by atoms with Crippen LogP contribution in [-0.4, -0.2) is 13.0 Å². The van der Waals surface area contributed by atoms with Gasteiger partial charge in [-0.25, -0.2) is 13.2 Å². The highest BCUT2D eigenvalue weighted by Crippen LogP contribution is 2.18. The predicted molar refractivity (Wildman–Crippen MR) is 49.8 cm³/mol. The molecule has 0 aliphatic carbocycles. The molecule has 1 aromatic carbocycles. The Morgan fingerprint density at radius 2 is 2.07 bits per heavy atom. The molecule has 0 saturated heterocycles. The van der Waals surface area contributed by atoms with Crippen LogP contribution in [0, 0.1) is 5.82 Å². The van der Waals surface area contributed by atoms with Gasteiger partial charge in [-0.2, -0.15) is 0 Å². The van der Waals surface area contributed by atoms with E-state index >= 15 is 0 Å². The predicted octanol–water partition coefficient (Wildman–Crippen LogP) is 3.37. The van der Waals surface area contributed by atoms with E-state index in [4.69, 9.17) is 4.74 Å². The lowest BCUT2D eigenvalue weighted by Gasteiger charge is -2.05. The van der Waals surface area contributed by atoms with E-state index in [1.165, 1.54) is 18.2 Å². The van der Waals surface area contributed by atoms with Crippen molar-refractivity contribution in [3.05, 3.63) is 34.1 Å². The quantitative estimate of drug-likeness (QED) is 0.814. The first-order chi connectivity index (χ1) is 6.59. The second kappa shape index (κ2) is 5.36. The molecule has 0 atom stereocenters. The summed E-state index contributed by atoms with van der Waals surface area (Å²) in [5.41, 5.74) is 0.645. The summed E-state index contributed by atoms with van der Waals surface area (Å²) in [5.74, 6) is -0.380. The maximum absolute atomic E-state index is 12.6. The van der Waals surface area contributed by atoms with Crippen molar-refractivity contribution in [2.75, 3.05) is 6.61 Å². The van der Waals surface area contributed by atoms with Gasteiger partial charge in [0, 0.05) is 4.47 Å². The Hall–Kier alpha value is -0.550. The Bertz CT molecular complexity index is 304. The highest BCUT2D eigenvalue weighted by molar-refractivity contribution is 9.10. The van der Waals surface area contributed by atoms with Crippen LogP contribution in [-0.2, 0) is 11.3 Å². The highest BCUT2D eigenvalue weighted by Gasteiger charge is 2.05. The van der Waals surface area contributed by atoms with Crippen LogP contribution in [0.4, 0.5) is 13.2 Å². The van der Waals surface area contributed by atoms with Crippen LogP contribution in [0.15, 0.2) is 22.7 Å². The van der Waals surface area contributed by atoms with Crippen LogP contribution >= 0.6 is 15.9 Å². The number of halogens is 4. The number of benzene rings is 1. The van der Waals surface area contributed by atoms with E-state index < -0.39 is 13.0 Å². The van der Waals surface area contributed by atoms with Crippen molar-refractivity contribution in [3.8, 4) is 0 Å². The molecule has 1 nitrogen and oxygen atoms in total. The van der Waals surface area contributed by atoms with E-state index in [0.29, 0.717) is 10.0 Å². The van der Waals surface area contributed by atoms with Gasteiger partial charge in [-0.05, 0) is 17.7 Å². The van der Waals surface area contributed by atoms with Crippen molar-refractivity contribution in [2.24, 2.45) is 0 Å². The minimum atomic E-state index is -2.48. The molecule has 0 fully saturated rings. The van der Waals surface area contributed by atoms with Gasteiger partial charge < -0.3 is 4.74 Å². The smallest absolute Gasteiger partial charge is 0.261 e. The zero-order chi connectivity index (χ0) is 10.6. The molecule has 0 heterocycles. The monoisotopic (exact) mass is 268 g/mol. The van der Waals surface area contributed by atoms with Gasteiger partial charge in [0.15, 0.2) is 0 Å². The summed E-state index contributed by atoms with van der Waals surface area (Å²) in [6, 6.07) is 4.01. The summed E-state index contributed by atoms with van der Waals surface area (Å²) < 4.78 is 41.2. The van der Waals surface area contributed by atoms with E-state index in [1.807, 2.05) is 0 Å². The first-order valence-electron chi connectivity index (χ1n) is 3.89. The minimum Gasteiger partial charge on any atom is -0.371 e. The van der Waals surface area contributed by atoms with Crippen molar-refractivity contribution in [1.82, 2.24) is 0 Å². The molecule has 0 radical (unpaired) electrons. The zero-order valence-electron chi connectivity index (χ0n) is 7.14. The number of ether oxygens (including phenoxy) is 1. The van der Waals surface area contributed by atoms with Crippen LogP contribution in [0.5, 0.6) is 0 Å². The van der Waals surface area contributed by atoms with Crippen LogP contribution < -0.4 is 0 Å². The molecule has 0 spiro atoms. The maximum Gasteiger partial charge on any atom is 0.261 e. The van der Waals surface area contributed by atoms with E-state index in [0.717, 1.165) is 0 Å². The van der Waals surface area contributed by atoms with Crippen LogP contribution in [0.1, 0.15) is 5.56 Å². The highest BCUT2D eigenvalue weighted by atomic mass is 79.9. The molecule has 5 heteroatoms. The molecule has 78 valence electrons. The van der Waals surface area contributed by atoms with Gasteiger partial charge >= 0.3 is 0 Å². The summed E-state index contributed by atoms with van der Waals surface area (Å²) in [6.07, 6.45) is -2.48. The average molecular weight is 269 g/mol. The van der Waals surface area contributed by atoms with Gasteiger partial charge in [-0.1, -0.05) is 22.0 Å². The van der Waals surface area contributed by atoms with Crippen molar-refractivity contribution in [1.29, 1.82) is 0 Å². The third-order valence-electron chi connectivity index (χ3n) is 1.52. The summed E-state index contributed by atoms with van der Waals surface area (Å²) in [5, 5.41) is 0. The van der Waals surface area contributed by atoms with Gasteiger partial charge in [-0.15, -0.1) is 0 Å². The van der Waals surface area contributed by atoms with Crippen molar-refractivity contribution in [2.45, 2.75) is 13.0 Å². The van der Waals surface area contributed by atoms with Gasteiger partial charge in [0.1, 0.15) is 12.4 Å². The van der Waals surface area contributed by atoms with E-state index in [9.17, 15) is 13.2 Å². The Morgan fingerprint density at radius 3 is 2.64 bits per heavy atom. The second-order valence-electron chi connectivity index (χ2n) is 2.64. The fraction of sp³-hybridized carbons (Fsp3) is 0.333. The Morgan fingerprint density at radius 1 is 1.36 bits per heavy atom. The van der Waals surface area contributed by atoms with Gasteiger partial charge in [0.2, 0.25) is 0 Å². The number of rotatable bonds is 4. The largest absolute Gasteiger partial charge is 0.371 e. The third kappa shape index (κ3) is 3.67. The zero-order valence-corrected chi connectivity index (χ0v) is 8.73. The topological polar surface area (TPSA) is 9.23 Å². The Labute approximate surface area is 88.0 Å². The van der Waals surface area contributed by atoms with Crippen molar-refractivity contribution in [3.63, 3.8) is 0 Å². The number of hydrogen-bond donors (Lipinski definition) is 0. The lowest BCUT2D eigenvalue weighted by atomic mass is 10.2. The van der Waals surface area contributed by atoms with E-state index in [1.54, 1.807) is 0 Å². The molecule has 0 aliphatic rings. The Balaban J connectivity index is 2.51. The third-order valence-corrected chi connectivity index (χ3v) is 2.25. The van der Waals surface area contributed by atoms with E-state index in [2.05, 4.69) is 15.9 Å². The van der Waals surface area contributed by atoms with Gasteiger partial charge in [0.25, 0.3) is 6.43 Å². The summed E-state index contributed by atoms with van der Waals surface area (Å²) in [4.78, 5) is 0. The molecular formula is C9H8BrF3O. The first kappa shape index (κ1) is 11.5. The molecule has 14 heavy (non-hydrogen) atoms. The summed E-state index contributed by atoms with van der Waals surface area (Å²) in [6.45, 7) is -0.560. The molecule has 0 amide bonds. The van der Waals surface area contributed by atoms with E-state index in [-0.39, 0.29) is 12.4 Å². The molecule has 1 aromatic rings. The molecule has 0 N–H and O–H groups in total. The molecule has 0 unspecified atom stereocenters. The minimum absolute atomic E-state index is 0.0468. The maximum atomic E-state index is 12.6. The number of alkyl halides is 2.